The Morgan fingerprint density at radius 1 is 1.14 bits per heavy atom. The van der Waals surface area contributed by atoms with Crippen LogP contribution in [-0.2, 0) is 11.8 Å². The molecule has 2 fully saturated rings. The molecule has 0 radical (unpaired) electrons. The number of piperidine rings is 1. The first-order valence-corrected chi connectivity index (χ1v) is 11.1. The van der Waals surface area contributed by atoms with Gasteiger partial charge in [0.1, 0.15) is 0 Å². The minimum Gasteiger partial charge on any atom is -0.381 e. The molecule has 2 aliphatic heterocycles. The molecular formula is C24H35N3O2. The predicted octanol–water partition coefficient (Wildman–Crippen LogP) is 3.81. The lowest BCUT2D eigenvalue weighted by Gasteiger charge is -2.42. The minimum absolute atomic E-state index is 0.0392. The first-order chi connectivity index (χ1) is 14.0. The second-order valence-electron chi connectivity index (χ2n) is 9.13. The molecule has 29 heavy (non-hydrogen) atoms. The number of rotatable bonds is 5. The van der Waals surface area contributed by atoms with Crippen molar-refractivity contribution in [1.82, 2.24) is 14.8 Å². The van der Waals surface area contributed by atoms with E-state index in [-0.39, 0.29) is 11.3 Å². The molecule has 158 valence electrons. The van der Waals surface area contributed by atoms with Gasteiger partial charge in [0.2, 0.25) is 0 Å². The van der Waals surface area contributed by atoms with E-state index >= 15 is 0 Å². The Balaban J connectivity index is 1.47. The maximum atomic E-state index is 13.0. The van der Waals surface area contributed by atoms with Gasteiger partial charge >= 0.3 is 0 Å². The van der Waals surface area contributed by atoms with Crippen molar-refractivity contribution in [3.63, 3.8) is 0 Å². The number of fused-ring (bicyclic) bond motifs is 1. The lowest BCUT2D eigenvalue weighted by molar-refractivity contribution is -0.00671. The summed E-state index contributed by atoms with van der Waals surface area (Å²) in [5.74, 6) is 0.0392. The highest BCUT2D eigenvalue weighted by molar-refractivity contribution is 5.99. The van der Waals surface area contributed by atoms with Gasteiger partial charge in [-0.3, -0.25) is 4.79 Å². The smallest absolute Gasteiger partial charge is 0.251 e. The molecule has 2 aromatic rings. The Hall–Kier alpha value is -1.85. The van der Waals surface area contributed by atoms with Crippen LogP contribution in [0.15, 0.2) is 18.2 Å². The number of aryl methyl sites for hydroxylation is 2. The van der Waals surface area contributed by atoms with Crippen molar-refractivity contribution < 1.29 is 9.53 Å². The van der Waals surface area contributed by atoms with E-state index in [0.717, 1.165) is 44.7 Å². The van der Waals surface area contributed by atoms with E-state index in [4.69, 9.17) is 4.74 Å². The van der Waals surface area contributed by atoms with E-state index in [2.05, 4.69) is 41.7 Å². The quantitative estimate of drug-likeness (QED) is 0.835. The molecule has 4 rings (SSSR count). The van der Waals surface area contributed by atoms with Crippen LogP contribution in [0.1, 0.15) is 53.7 Å². The third-order valence-electron chi connectivity index (χ3n) is 7.26. The Kier molecular flexibility index (Phi) is 5.98. The van der Waals surface area contributed by atoms with Crippen LogP contribution in [0.25, 0.3) is 10.9 Å². The van der Waals surface area contributed by atoms with E-state index in [1.54, 1.807) is 0 Å². The molecule has 2 saturated heterocycles. The lowest BCUT2D eigenvalue weighted by Crippen LogP contribution is -2.49. The number of benzene rings is 1. The van der Waals surface area contributed by atoms with Gasteiger partial charge in [0.15, 0.2) is 0 Å². The first kappa shape index (κ1) is 20.4. The average molecular weight is 398 g/mol. The van der Waals surface area contributed by atoms with Crippen LogP contribution < -0.4 is 5.32 Å². The van der Waals surface area contributed by atoms with Gasteiger partial charge in [0.25, 0.3) is 5.91 Å². The zero-order valence-electron chi connectivity index (χ0n) is 18.2. The van der Waals surface area contributed by atoms with Crippen LogP contribution in [0.2, 0.25) is 0 Å². The second kappa shape index (κ2) is 8.49. The Morgan fingerprint density at radius 2 is 1.86 bits per heavy atom. The van der Waals surface area contributed by atoms with Crippen molar-refractivity contribution >= 4 is 16.8 Å². The maximum absolute atomic E-state index is 13.0. The number of nitrogens with one attached hydrogen (secondary N) is 1. The average Bonchev–Trinajstić information content (AvgIpc) is 2.97. The summed E-state index contributed by atoms with van der Waals surface area (Å²) in [6.07, 6.45) is 6.01. The summed E-state index contributed by atoms with van der Waals surface area (Å²) in [6.45, 7) is 10.1. The Morgan fingerprint density at radius 3 is 2.59 bits per heavy atom. The van der Waals surface area contributed by atoms with Gasteiger partial charge in [-0.25, -0.2) is 0 Å². The van der Waals surface area contributed by atoms with Crippen molar-refractivity contribution in [2.24, 2.45) is 12.5 Å². The third kappa shape index (κ3) is 4.22. The van der Waals surface area contributed by atoms with Gasteiger partial charge in [-0.1, -0.05) is 6.42 Å². The molecule has 0 saturated carbocycles. The van der Waals surface area contributed by atoms with Gasteiger partial charge in [-0.2, -0.15) is 0 Å². The van der Waals surface area contributed by atoms with Crippen LogP contribution in [0.4, 0.5) is 0 Å². The van der Waals surface area contributed by atoms with Crippen molar-refractivity contribution in [2.45, 2.75) is 46.0 Å². The second-order valence-corrected chi connectivity index (χ2v) is 9.13. The first-order valence-electron chi connectivity index (χ1n) is 11.1. The fourth-order valence-electron chi connectivity index (χ4n) is 5.05. The summed E-state index contributed by atoms with van der Waals surface area (Å²) in [4.78, 5) is 15.6. The van der Waals surface area contributed by atoms with Gasteiger partial charge in [0, 0.05) is 60.9 Å². The monoisotopic (exact) mass is 397 g/mol. The van der Waals surface area contributed by atoms with Gasteiger partial charge in [-0.15, -0.1) is 0 Å². The molecule has 1 aromatic heterocycles. The number of nitrogens with zero attached hydrogens (tertiary/aromatic N) is 2. The Labute approximate surface area is 174 Å². The number of aromatic nitrogens is 1. The molecule has 0 unspecified atom stereocenters. The summed E-state index contributed by atoms with van der Waals surface area (Å²) in [5, 5.41) is 4.45. The van der Waals surface area contributed by atoms with Crippen LogP contribution in [0, 0.1) is 19.3 Å². The van der Waals surface area contributed by atoms with Crippen LogP contribution in [0.3, 0.4) is 0 Å². The zero-order valence-corrected chi connectivity index (χ0v) is 18.2. The number of amides is 1. The van der Waals surface area contributed by atoms with Gasteiger partial charge in [0.05, 0.1) is 0 Å². The van der Waals surface area contributed by atoms with E-state index in [1.165, 1.54) is 54.5 Å². The van der Waals surface area contributed by atoms with Gasteiger partial charge in [-0.05, 0) is 76.4 Å². The van der Waals surface area contributed by atoms with Crippen LogP contribution >= 0.6 is 0 Å². The Bertz CT molecular complexity index is 874. The summed E-state index contributed by atoms with van der Waals surface area (Å²) in [6, 6.07) is 6.08. The van der Waals surface area contributed by atoms with E-state index in [0.29, 0.717) is 0 Å². The highest BCUT2D eigenvalue weighted by Crippen LogP contribution is 2.32. The number of ether oxygens (including phenoxy) is 1. The molecule has 0 bridgehead atoms. The zero-order chi connectivity index (χ0) is 20.4. The number of likely N-dealkylation sites (tertiary alicyclic amines) is 1. The number of carbonyl (C=O) groups excluding carboxylic acids is 1. The molecular weight excluding hydrogens is 362 g/mol. The van der Waals surface area contributed by atoms with Crippen LogP contribution in [0.5, 0.6) is 0 Å². The fourth-order valence-corrected chi connectivity index (χ4v) is 5.05. The van der Waals surface area contributed by atoms with Crippen molar-refractivity contribution in [1.29, 1.82) is 0 Å². The van der Waals surface area contributed by atoms with Crippen molar-refractivity contribution in [3.8, 4) is 0 Å². The summed E-state index contributed by atoms with van der Waals surface area (Å²) >= 11 is 0. The molecule has 5 heteroatoms. The van der Waals surface area contributed by atoms with E-state index < -0.39 is 0 Å². The number of hydrogen-bond donors (Lipinski definition) is 1. The molecule has 1 N–H and O–H groups in total. The highest BCUT2D eigenvalue weighted by atomic mass is 16.5. The van der Waals surface area contributed by atoms with Crippen molar-refractivity contribution in [2.75, 3.05) is 39.4 Å². The van der Waals surface area contributed by atoms with E-state index in [1.807, 2.05) is 12.1 Å². The molecule has 5 nitrogen and oxygen atoms in total. The number of hydrogen-bond acceptors (Lipinski definition) is 3. The topological polar surface area (TPSA) is 46.5 Å². The minimum atomic E-state index is 0.0392. The predicted molar refractivity (Wildman–Crippen MR) is 118 cm³/mol. The molecule has 0 spiro atoms. The normalized spacial score (nSPS) is 20.1. The molecule has 0 atom stereocenters. The largest absolute Gasteiger partial charge is 0.381 e. The highest BCUT2D eigenvalue weighted by Gasteiger charge is 2.35. The summed E-state index contributed by atoms with van der Waals surface area (Å²) < 4.78 is 7.84. The standard InChI is InChI=1S/C24H35N3O2/c1-18-19(2)26(3)22-8-7-20(15-21(18)22)23(28)25-16-24(9-13-29-14-10-24)17-27-11-5-4-6-12-27/h7-8,15H,4-6,9-14,16-17H2,1-3H3,(H,25,28). The summed E-state index contributed by atoms with van der Waals surface area (Å²) in [7, 11) is 2.08. The molecule has 1 aromatic carbocycles. The number of carbonyl (C=O) groups is 1. The fraction of sp³-hybridized carbons (Fsp3) is 0.625. The lowest BCUT2D eigenvalue weighted by atomic mass is 9.79. The third-order valence-corrected chi connectivity index (χ3v) is 7.26. The maximum Gasteiger partial charge on any atom is 0.251 e. The van der Waals surface area contributed by atoms with Crippen LogP contribution in [-0.4, -0.2) is 54.8 Å². The summed E-state index contributed by atoms with van der Waals surface area (Å²) in [5.41, 5.74) is 4.58. The van der Waals surface area contributed by atoms with E-state index in [9.17, 15) is 4.79 Å². The SMILES string of the molecule is Cc1c(C)n(C)c2ccc(C(=O)NCC3(CN4CCCCC4)CCOCC3)cc12. The van der Waals surface area contributed by atoms with Gasteiger partial charge < -0.3 is 19.5 Å². The molecule has 0 aliphatic carbocycles. The molecule has 1 amide bonds. The molecule has 2 aliphatic rings. The van der Waals surface area contributed by atoms with Crippen molar-refractivity contribution in [3.05, 3.63) is 35.0 Å². The molecule has 3 heterocycles.